The number of nitrogens with one attached hydrogen (secondary N) is 2. The van der Waals surface area contributed by atoms with Gasteiger partial charge in [0, 0.05) is 35.7 Å². The first-order chi connectivity index (χ1) is 12.9. The fourth-order valence-corrected chi connectivity index (χ4v) is 2.78. The van der Waals surface area contributed by atoms with Gasteiger partial charge in [-0.05, 0) is 37.5 Å². The van der Waals surface area contributed by atoms with Gasteiger partial charge in [-0.15, -0.1) is 0 Å². The fraction of sp³-hybridized carbons (Fsp3) is 0.450. The van der Waals surface area contributed by atoms with E-state index in [-0.39, 0.29) is 23.6 Å². The van der Waals surface area contributed by atoms with E-state index in [1.54, 1.807) is 26.0 Å². The van der Waals surface area contributed by atoms with Crippen LogP contribution in [0.4, 0.5) is 10.5 Å². The van der Waals surface area contributed by atoms with Crippen LogP contribution in [0.25, 0.3) is 11.3 Å². The number of carbonyl (C=O) groups excluding carboxylic acids is 2. The molecular formula is C20H26N4O3. The van der Waals surface area contributed by atoms with Crippen LogP contribution in [0.2, 0.25) is 0 Å². The summed E-state index contributed by atoms with van der Waals surface area (Å²) in [6, 6.07) is 6.55. The van der Waals surface area contributed by atoms with Gasteiger partial charge in [-0.2, -0.15) is 9.78 Å². The molecule has 1 aliphatic rings. The molecule has 1 heterocycles. The average molecular weight is 370 g/mol. The molecule has 2 aromatic rings. The zero-order valence-corrected chi connectivity index (χ0v) is 16.0. The van der Waals surface area contributed by atoms with Crippen LogP contribution >= 0.6 is 0 Å². The van der Waals surface area contributed by atoms with Gasteiger partial charge in [0.25, 0.3) is 0 Å². The molecule has 2 amide bonds. The molecule has 0 atom stereocenters. The number of anilines is 1. The number of phenols is 1. The second-order valence-corrected chi connectivity index (χ2v) is 7.25. The molecule has 0 spiro atoms. The Balaban J connectivity index is 1.87. The van der Waals surface area contributed by atoms with Crippen molar-refractivity contribution in [2.75, 3.05) is 11.9 Å². The largest absolute Gasteiger partial charge is 0.507 e. The molecule has 1 aromatic heterocycles. The van der Waals surface area contributed by atoms with Crippen LogP contribution in [0.15, 0.2) is 24.3 Å². The Morgan fingerprint density at radius 2 is 2.04 bits per heavy atom. The number of hydrogen-bond donors (Lipinski definition) is 3. The van der Waals surface area contributed by atoms with Gasteiger partial charge < -0.3 is 15.7 Å². The standard InChI is InChI=1S/C20H26N4O3/c1-4-9-21-20(27)24-17(13-5-6-13)11-16(23-24)15-8-7-14(10-18(15)25)22-19(26)12(2)3/h7-8,10-13,25H,4-6,9H2,1-3H3,(H,21,27)(H,22,26). The Morgan fingerprint density at radius 1 is 1.30 bits per heavy atom. The van der Waals surface area contributed by atoms with E-state index >= 15 is 0 Å². The van der Waals surface area contributed by atoms with Crippen molar-refractivity contribution in [3.63, 3.8) is 0 Å². The quantitative estimate of drug-likeness (QED) is 0.722. The van der Waals surface area contributed by atoms with Gasteiger partial charge in [0.15, 0.2) is 0 Å². The Morgan fingerprint density at radius 3 is 2.63 bits per heavy atom. The summed E-state index contributed by atoms with van der Waals surface area (Å²) in [6.07, 6.45) is 2.93. The van der Waals surface area contributed by atoms with Gasteiger partial charge in [0.05, 0.1) is 11.4 Å². The molecule has 1 saturated carbocycles. The maximum atomic E-state index is 12.4. The molecule has 0 saturated heterocycles. The van der Waals surface area contributed by atoms with Crippen molar-refractivity contribution < 1.29 is 14.7 Å². The van der Waals surface area contributed by atoms with Crippen molar-refractivity contribution in [3.05, 3.63) is 30.0 Å². The third kappa shape index (κ3) is 4.30. The van der Waals surface area contributed by atoms with Crippen molar-refractivity contribution in [2.24, 2.45) is 5.92 Å². The molecule has 0 bridgehead atoms. The van der Waals surface area contributed by atoms with Crippen LogP contribution in [0.5, 0.6) is 5.75 Å². The number of rotatable bonds is 6. The minimum absolute atomic E-state index is 0.0116. The first kappa shape index (κ1) is 18.9. The molecule has 3 N–H and O–H groups in total. The van der Waals surface area contributed by atoms with Crippen molar-refractivity contribution in [3.8, 4) is 17.0 Å². The number of phenolic OH excluding ortho intramolecular Hbond substituents is 1. The van der Waals surface area contributed by atoms with Gasteiger partial charge >= 0.3 is 6.03 Å². The van der Waals surface area contributed by atoms with E-state index in [0.717, 1.165) is 25.0 Å². The number of aromatic hydroxyl groups is 1. The minimum atomic E-state index is -0.245. The van der Waals surface area contributed by atoms with Crippen LogP contribution < -0.4 is 10.6 Å². The van der Waals surface area contributed by atoms with Crippen LogP contribution in [-0.2, 0) is 4.79 Å². The smallest absolute Gasteiger partial charge is 0.342 e. The van der Waals surface area contributed by atoms with E-state index in [2.05, 4.69) is 15.7 Å². The number of hydrogen-bond acceptors (Lipinski definition) is 4. The van der Waals surface area contributed by atoms with Crippen LogP contribution in [0, 0.1) is 5.92 Å². The van der Waals surface area contributed by atoms with E-state index in [1.807, 2.05) is 13.0 Å². The SMILES string of the molecule is CCCNC(=O)n1nc(-c2ccc(NC(=O)C(C)C)cc2O)cc1C1CC1. The number of aromatic nitrogens is 2. The first-order valence-corrected chi connectivity index (χ1v) is 9.43. The second-order valence-electron chi connectivity index (χ2n) is 7.25. The highest BCUT2D eigenvalue weighted by Crippen LogP contribution is 2.42. The molecule has 0 radical (unpaired) electrons. The zero-order valence-electron chi connectivity index (χ0n) is 16.0. The Kier molecular flexibility index (Phi) is 5.48. The van der Waals surface area contributed by atoms with Crippen molar-refractivity contribution >= 4 is 17.6 Å². The highest BCUT2D eigenvalue weighted by molar-refractivity contribution is 5.92. The van der Waals surface area contributed by atoms with Crippen molar-refractivity contribution in [1.82, 2.24) is 15.1 Å². The molecule has 3 rings (SSSR count). The molecule has 1 fully saturated rings. The third-order valence-electron chi connectivity index (χ3n) is 4.52. The number of carbonyl (C=O) groups is 2. The summed E-state index contributed by atoms with van der Waals surface area (Å²) in [5, 5.41) is 20.5. The van der Waals surface area contributed by atoms with E-state index in [4.69, 9.17) is 0 Å². The molecule has 27 heavy (non-hydrogen) atoms. The Hall–Kier alpha value is -2.83. The summed E-state index contributed by atoms with van der Waals surface area (Å²) in [5.74, 6) is 0.0863. The topological polar surface area (TPSA) is 96.3 Å². The minimum Gasteiger partial charge on any atom is -0.507 e. The van der Waals surface area contributed by atoms with Crippen molar-refractivity contribution in [2.45, 2.75) is 46.0 Å². The molecule has 144 valence electrons. The van der Waals surface area contributed by atoms with Crippen LogP contribution in [-0.4, -0.2) is 33.4 Å². The third-order valence-corrected chi connectivity index (χ3v) is 4.52. The lowest BCUT2D eigenvalue weighted by Gasteiger charge is -2.09. The predicted octanol–water partition coefficient (Wildman–Crippen LogP) is 3.70. The Labute approximate surface area is 158 Å². The van der Waals surface area contributed by atoms with E-state index in [1.165, 1.54) is 10.7 Å². The molecule has 0 aliphatic heterocycles. The monoisotopic (exact) mass is 370 g/mol. The van der Waals surface area contributed by atoms with Gasteiger partial charge in [0.1, 0.15) is 5.75 Å². The number of nitrogens with zero attached hydrogens (tertiary/aromatic N) is 2. The fourth-order valence-electron chi connectivity index (χ4n) is 2.78. The maximum absolute atomic E-state index is 12.4. The number of benzene rings is 1. The summed E-state index contributed by atoms with van der Waals surface area (Å²) >= 11 is 0. The molecule has 7 nitrogen and oxygen atoms in total. The summed E-state index contributed by atoms with van der Waals surface area (Å²) in [4.78, 5) is 24.2. The molecule has 1 aliphatic carbocycles. The highest BCUT2D eigenvalue weighted by atomic mass is 16.3. The van der Waals surface area contributed by atoms with E-state index in [9.17, 15) is 14.7 Å². The van der Waals surface area contributed by atoms with E-state index < -0.39 is 0 Å². The summed E-state index contributed by atoms with van der Waals surface area (Å²) in [7, 11) is 0. The zero-order chi connectivity index (χ0) is 19.6. The van der Waals surface area contributed by atoms with Gasteiger partial charge in [-0.1, -0.05) is 20.8 Å². The lowest BCUT2D eigenvalue weighted by atomic mass is 10.1. The predicted molar refractivity (Wildman–Crippen MR) is 104 cm³/mol. The molecule has 0 unspecified atom stereocenters. The van der Waals surface area contributed by atoms with Gasteiger partial charge in [0.2, 0.25) is 5.91 Å². The van der Waals surface area contributed by atoms with Crippen molar-refractivity contribution in [1.29, 1.82) is 0 Å². The van der Waals surface area contributed by atoms with Crippen LogP contribution in [0.3, 0.4) is 0 Å². The summed E-state index contributed by atoms with van der Waals surface area (Å²) < 4.78 is 1.41. The summed E-state index contributed by atoms with van der Waals surface area (Å²) in [6.45, 7) is 6.19. The molecule has 7 heteroatoms. The number of amides is 2. The lowest BCUT2D eigenvalue weighted by molar-refractivity contribution is -0.118. The highest BCUT2D eigenvalue weighted by Gasteiger charge is 2.30. The summed E-state index contributed by atoms with van der Waals surface area (Å²) in [5.41, 5.74) is 2.47. The molecule has 1 aromatic carbocycles. The Bertz CT molecular complexity index is 853. The van der Waals surface area contributed by atoms with Gasteiger partial charge in [-0.3, -0.25) is 4.79 Å². The normalized spacial score (nSPS) is 13.6. The van der Waals surface area contributed by atoms with Gasteiger partial charge in [-0.25, -0.2) is 4.79 Å². The van der Waals surface area contributed by atoms with E-state index in [0.29, 0.717) is 29.4 Å². The maximum Gasteiger partial charge on any atom is 0.342 e. The van der Waals surface area contributed by atoms with Crippen LogP contribution in [0.1, 0.15) is 51.6 Å². The lowest BCUT2D eigenvalue weighted by Crippen LogP contribution is -2.31. The second kappa shape index (κ2) is 7.82. The first-order valence-electron chi connectivity index (χ1n) is 9.43. The average Bonchev–Trinajstić information content (AvgIpc) is 3.38. The molecular weight excluding hydrogens is 344 g/mol.